The molecule has 0 bridgehead atoms. The summed E-state index contributed by atoms with van der Waals surface area (Å²) in [5.41, 5.74) is 7.10. The van der Waals surface area contributed by atoms with E-state index in [9.17, 15) is 10.2 Å². The van der Waals surface area contributed by atoms with Crippen LogP contribution >= 0.6 is 0 Å². The second kappa shape index (κ2) is 9.23. The van der Waals surface area contributed by atoms with Crippen LogP contribution in [0.3, 0.4) is 0 Å². The highest BCUT2D eigenvalue weighted by molar-refractivity contribution is 5.80. The Hall–Kier alpha value is -4.58. The predicted octanol–water partition coefficient (Wildman–Crippen LogP) is 8.85. The van der Waals surface area contributed by atoms with Crippen LogP contribution in [0.2, 0.25) is 0 Å². The maximum atomic E-state index is 9.69. The van der Waals surface area contributed by atoms with Gasteiger partial charge in [0.25, 0.3) is 0 Å². The Balaban J connectivity index is 1.35. The number of phenols is 2. The van der Waals surface area contributed by atoms with E-state index in [4.69, 9.17) is 18.8 Å². The number of aromatic nitrogens is 2. The molecule has 41 heavy (non-hydrogen) atoms. The van der Waals surface area contributed by atoms with Crippen LogP contribution in [0.1, 0.15) is 51.2 Å². The van der Waals surface area contributed by atoms with Crippen molar-refractivity contribution in [3.8, 4) is 34.4 Å². The number of hydrogen-bond acceptors (Lipinski definition) is 6. The number of rotatable bonds is 4. The first kappa shape index (κ1) is 25.4. The smallest absolute Gasteiger partial charge is 0.227 e. The van der Waals surface area contributed by atoms with Gasteiger partial charge in [0.05, 0.1) is 0 Å². The van der Waals surface area contributed by atoms with Crippen molar-refractivity contribution >= 4 is 22.2 Å². The van der Waals surface area contributed by atoms with Crippen molar-refractivity contribution in [2.45, 2.75) is 45.4 Å². The minimum atomic E-state index is -0.237. The second-order valence-electron chi connectivity index (χ2n) is 12.4. The summed E-state index contributed by atoms with van der Waals surface area (Å²) >= 11 is 0. The Kier molecular flexibility index (Phi) is 5.72. The number of benzene rings is 4. The van der Waals surface area contributed by atoms with Crippen molar-refractivity contribution in [1.82, 2.24) is 9.97 Å². The fraction of sp³-hybridized carbons (Fsp3) is 0.257. The second-order valence-corrected chi connectivity index (χ2v) is 12.4. The fourth-order valence-corrected chi connectivity index (χ4v) is 7.08. The molecule has 2 N–H and O–H groups in total. The van der Waals surface area contributed by atoms with Gasteiger partial charge in [-0.25, -0.2) is 9.97 Å². The Morgan fingerprint density at radius 3 is 1.56 bits per heavy atom. The minimum Gasteiger partial charge on any atom is -0.508 e. The van der Waals surface area contributed by atoms with Gasteiger partial charge in [-0.2, -0.15) is 0 Å². The summed E-state index contributed by atoms with van der Waals surface area (Å²) in [7, 11) is 0. The van der Waals surface area contributed by atoms with Gasteiger partial charge in [0.2, 0.25) is 11.8 Å². The van der Waals surface area contributed by atoms with Gasteiger partial charge in [-0.3, -0.25) is 0 Å². The zero-order valence-electron chi connectivity index (χ0n) is 23.4. The van der Waals surface area contributed by atoms with E-state index in [-0.39, 0.29) is 22.3 Å². The largest absolute Gasteiger partial charge is 0.508 e. The minimum absolute atomic E-state index is 0.142. The molecular formula is C35H32N2O4. The van der Waals surface area contributed by atoms with Gasteiger partial charge >= 0.3 is 0 Å². The van der Waals surface area contributed by atoms with Crippen LogP contribution < -0.4 is 0 Å². The van der Waals surface area contributed by atoms with Gasteiger partial charge in [-0.05, 0) is 115 Å². The van der Waals surface area contributed by atoms with Gasteiger partial charge < -0.3 is 19.0 Å². The van der Waals surface area contributed by atoms with Crippen LogP contribution in [0, 0.1) is 11.3 Å². The summed E-state index contributed by atoms with van der Waals surface area (Å²) in [6.45, 7) is 7.09. The number of phenolic OH excluding ortho intramolecular Hbond substituents is 2. The molecule has 1 fully saturated rings. The van der Waals surface area contributed by atoms with Crippen LogP contribution in [0.25, 0.3) is 45.1 Å². The van der Waals surface area contributed by atoms with Crippen molar-refractivity contribution in [3.05, 3.63) is 96.1 Å². The Morgan fingerprint density at radius 2 is 1.12 bits per heavy atom. The van der Waals surface area contributed by atoms with E-state index in [1.165, 1.54) is 17.5 Å². The zero-order chi connectivity index (χ0) is 28.4. The molecule has 2 heterocycles. The molecule has 0 aliphatic heterocycles. The molecule has 1 unspecified atom stereocenters. The van der Waals surface area contributed by atoms with E-state index in [0.29, 0.717) is 17.7 Å². The fourth-order valence-electron chi connectivity index (χ4n) is 7.08. The van der Waals surface area contributed by atoms with Crippen LogP contribution in [-0.2, 0) is 5.41 Å². The number of nitrogens with zero attached hydrogens (tertiary/aromatic N) is 2. The molecule has 6 aromatic rings. The molecule has 0 amide bonds. The molecular weight excluding hydrogens is 512 g/mol. The SMILES string of the molecule is CC1CC(C)(C)CC(c2ccc3oc(-c4ccc(O)cc4)nc3c2)(c2ccc3oc(-c4ccc(O)cc4)nc3c2)C1. The van der Waals surface area contributed by atoms with Gasteiger partial charge in [0, 0.05) is 16.5 Å². The quantitative estimate of drug-likeness (QED) is 0.230. The van der Waals surface area contributed by atoms with E-state index in [1.54, 1.807) is 24.3 Å². The van der Waals surface area contributed by atoms with Gasteiger partial charge in [-0.15, -0.1) is 0 Å². The van der Waals surface area contributed by atoms with Gasteiger partial charge in [0.1, 0.15) is 22.5 Å². The van der Waals surface area contributed by atoms with Crippen molar-refractivity contribution < 1.29 is 19.0 Å². The van der Waals surface area contributed by atoms with Crippen LogP contribution in [0.5, 0.6) is 11.5 Å². The highest BCUT2D eigenvalue weighted by Crippen LogP contribution is 2.54. The van der Waals surface area contributed by atoms with E-state index in [1.807, 2.05) is 36.4 Å². The van der Waals surface area contributed by atoms with Crippen molar-refractivity contribution in [1.29, 1.82) is 0 Å². The topological polar surface area (TPSA) is 92.5 Å². The molecule has 1 saturated carbocycles. The lowest BCUT2D eigenvalue weighted by atomic mass is 9.55. The molecule has 4 aromatic carbocycles. The predicted molar refractivity (Wildman–Crippen MR) is 160 cm³/mol. The molecule has 206 valence electrons. The lowest BCUT2D eigenvalue weighted by molar-refractivity contribution is 0.127. The van der Waals surface area contributed by atoms with E-state index >= 15 is 0 Å². The monoisotopic (exact) mass is 544 g/mol. The molecule has 1 atom stereocenters. The highest BCUT2D eigenvalue weighted by atomic mass is 16.4. The summed E-state index contributed by atoms with van der Waals surface area (Å²) in [5.74, 6) is 2.02. The molecule has 0 spiro atoms. The number of oxazole rings is 2. The maximum absolute atomic E-state index is 9.69. The third-order valence-electron chi connectivity index (χ3n) is 8.49. The molecule has 0 radical (unpaired) electrons. The Morgan fingerprint density at radius 1 is 0.659 bits per heavy atom. The molecule has 6 heteroatoms. The summed E-state index contributed by atoms with van der Waals surface area (Å²) in [4.78, 5) is 9.70. The lowest BCUT2D eigenvalue weighted by Crippen LogP contribution is -2.41. The standard InChI is InChI=1S/C35H32N2O4/c1-21-18-34(2,3)20-35(19-21,24-8-14-30-28(16-24)36-32(40-30)22-4-10-26(38)11-5-22)25-9-15-31-29(17-25)37-33(41-31)23-6-12-27(39)13-7-23/h4-17,21,38-39H,18-20H2,1-3H3. The van der Waals surface area contributed by atoms with E-state index < -0.39 is 0 Å². The number of hydrogen-bond donors (Lipinski definition) is 2. The first-order chi connectivity index (χ1) is 19.7. The van der Waals surface area contributed by atoms with Crippen molar-refractivity contribution in [2.75, 3.05) is 0 Å². The van der Waals surface area contributed by atoms with Gasteiger partial charge in [0.15, 0.2) is 11.2 Å². The number of fused-ring (bicyclic) bond motifs is 2. The average Bonchev–Trinajstić information content (AvgIpc) is 3.56. The summed E-state index contributed by atoms with van der Waals surface area (Å²) in [6, 6.07) is 26.6. The molecule has 1 aliphatic carbocycles. The average molecular weight is 545 g/mol. The number of aromatic hydroxyl groups is 2. The molecule has 2 aromatic heterocycles. The first-order valence-corrected chi connectivity index (χ1v) is 14.1. The van der Waals surface area contributed by atoms with Crippen LogP contribution in [0.15, 0.2) is 93.8 Å². The van der Waals surface area contributed by atoms with Crippen molar-refractivity contribution in [3.63, 3.8) is 0 Å². The maximum Gasteiger partial charge on any atom is 0.227 e. The normalized spacial score (nSPS) is 18.2. The third-order valence-corrected chi connectivity index (χ3v) is 8.49. The van der Waals surface area contributed by atoms with E-state index in [2.05, 4.69) is 45.0 Å². The summed E-state index contributed by atoms with van der Waals surface area (Å²) < 4.78 is 12.2. The van der Waals surface area contributed by atoms with Gasteiger partial charge in [-0.1, -0.05) is 32.9 Å². The first-order valence-electron chi connectivity index (χ1n) is 14.1. The zero-order valence-corrected chi connectivity index (χ0v) is 23.4. The van der Waals surface area contributed by atoms with Crippen LogP contribution in [-0.4, -0.2) is 20.2 Å². The Bertz CT molecular complexity index is 1760. The highest BCUT2D eigenvalue weighted by Gasteiger charge is 2.45. The molecule has 6 nitrogen and oxygen atoms in total. The third kappa shape index (κ3) is 4.53. The van der Waals surface area contributed by atoms with Crippen molar-refractivity contribution in [2.24, 2.45) is 11.3 Å². The summed E-state index contributed by atoms with van der Waals surface area (Å²) in [5, 5.41) is 19.4. The molecule has 0 saturated heterocycles. The van der Waals surface area contributed by atoms with Crippen LogP contribution in [0.4, 0.5) is 0 Å². The lowest BCUT2D eigenvalue weighted by Gasteiger charge is -2.48. The Labute approximate surface area is 238 Å². The summed E-state index contributed by atoms with van der Waals surface area (Å²) in [6.07, 6.45) is 3.18. The van der Waals surface area contributed by atoms with E-state index in [0.717, 1.165) is 46.2 Å². The molecule has 7 rings (SSSR count). The molecule has 1 aliphatic rings.